The van der Waals surface area contributed by atoms with Crippen LogP contribution in [0.4, 0.5) is 0 Å². The minimum Gasteiger partial charge on any atom is -0.292 e. The maximum atomic E-state index is 5.22. The molecule has 0 nitrogen and oxygen atoms in total. The molecule has 0 amide bonds. The fourth-order valence-corrected chi connectivity index (χ4v) is 5.05. The standard InChI is InChI=1S/C18H15P.C8H7.Au/c1-4-10-16(11-5-1)19(17-12-6-2-7-13-17)18-14-8-3-9-15-18;1-2-8-6-4-3-5-7-8;/h1-15H;1-7H;/q;-1;+1. The van der Waals surface area contributed by atoms with E-state index in [1.807, 2.05) is 30.3 Å². The van der Waals surface area contributed by atoms with Gasteiger partial charge >= 0.3 is 22.4 Å². The first kappa shape index (κ1) is 22.1. The van der Waals surface area contributed by atoms with Crippen LogP contribution in [-0.2, 0) is 22.4 Å². The van der Waals surface area contributed by atoms with Crippen LogP contribution in [0, 0.1) is 6.58 Å². The van der Waals surface area contributed by atoms with Gasteiger partial charge in [-0.1, -0.05) is 109 Å². The van der Waals surface area contributed by atoms with Gasteiger partial charge in [-0.2, -0.15) is 5.56 Å². The van der Waals surface area contributed by atoms with Gasteiger partial charge in [-0.25, -0.2) is 6.08 Å². The Bertz CT molecular complexity index is 829. The van der Waals surface area contributed by atoms with Crippen molar-refractivity contribution in [3.63, 3.8) is 0 Å². The first-order chi connectivity index (χ1) is 13.4. The van der Waals surface area contributed by atoms with E-state index in [1.54, 1.807) is 6.08 Å². The van der Waals surface area contributed by atoms with Crippen molar-refractivity contribution in [1.82, 2.24) is 0 Å². The maximum Gasteiger partial charge on any atom is 1.00 e. The molecule has 0 heterocycles. The summed E-state index contributed by atoms with van der Waals surface area (Å²) >= 11 is 0. The van der Waals surface area contributed by atoms with Crippen molar-refractivity contribution in [2.24, 2.45) is 0 Å². The molecular formula is C26H22AuP. The number of benzene rings is 4. The predicted octanol–water partition coefficient (Wildman–Crippen LogP) is 5.58. The molecule has 0 aliphatic carbocycles. The number of hydrogen-bond donors (Lipinski definition) is 0. The van der Waals surface area contributed by atoms with Crippen LogP contribution in [0.1, 0.15) is 5.56 Å². The van der Waals surface area contributed by atoms with Gasteiger partial charge in [0, 0.05) is 0 Å². The summed E-state index contributed by atoms with van der Waals surface area (Å²) in [6, 6.07) is 42.1. The van der Waals surface area contributed by atoms with Gasteiger partial charge in [0.05, 0.1) is 0 Å². The minimum absolute atomic E-state index is 0. The van der Waals surface area contributed by atoms with Crippen LogP contribution in [0.15, 0.2) is 121 Å². The first-order valence-corrected chi connectivity index (χ1v) is 10.3. The SMILES string of the molecule is [Au+].[CH-]=Cc1ccccc1.c1ccc(P(c2ccccc2)c2ccccc2)cc1. The molecule has 4 aromatic carbocycles. The molecule has 4 aromatic rings. The maximum absolute atomic E-state index is 5.22. The van der Waals surface area contributed by atoms with Gasteiger partial charge in [0.2, 0.25) is 0 Å². The van der Waals surface area contributed by atoms with Crippen LogP contribution >= 0.6 is 7.92 Å². The summed E-state index contributed by atoms with van der Waals surface area (Å²) in [6.45, 7) is 5.22. The summed E-state index contributed by atoms with van der Waals surface area (Å²) in [7, 11) is -0.446. The Balaban J connectivity index is 0.000000264. The predicted molar refractivity (Wildman–Crippen MR) is 120 cm³/mol. The van der Waals surface area contributed by atoms with Gasteiger partial charge < -0.3 is 0 Å². The van der Waals surface area contributed by atoms with Crippen molar-refractivity contribution in [3.05, 3.63) is 133 Å². The van der Waals surface area contributed by atoms with Gasteiger partial charge in [0.25, 0.3) is 0 Å². The van der Waals surface area contributed by atoms with E-state index in [-0.39, 0.29) is 22.4 Å². The molecule has 0 bridgehead atoms. The first-order valence-electron chi connectivity index (χ1n) is 8.94. The van der Waals surface area contributed by atoms with Gasteiger partial charge in [-0.15, -0.1) is 12.1 Å². The molecule has 0 aromatic heterocycles. The van der Waals surface area contributed by atoms with Crippen LogP contribution in [0.5, 0.6) is 0 Å². The van der Waals surface area contributed by atoms with E-state index >= 15 is 0 Å². The fraction of sp³-hybridized carbons (Fsp3) is 0. The van der Waals surface area contributed by atoms with E-state index in [0.717, 1.165) is 5.56 Å². The zero-order valence-electron chi connectivity index (χ0n) is 15.5. The molecule has 0 atom stereocenters. The number of rotatable bonds is 4. The molecule has 0 unspecified atom stereocenters. The third-order valence-corrected chi connectivity index (χ3v) is 6.48. The van der Waals surface area contributed by atoms with Crippen LogP contribution in [0.25, 0.3) is 6.08 Å². The van der Waals surface area contributed by atoms with Crippen molar-refractivity contribution in [1.29, 1.82) is 0 Å². The molecule has 0 spiro atoms. The second kappa shape index (κ2) is 12.3. The zero-order chi connectivity index (χ0) is 18.7. The van der Waals surface area contributed by atoms with Gasteiger partial charge in [0.15, 0.2) is 0 Å². The van der Waals surface area contributed by atoms with E-state index < -0.39 is 7.92 Å². The Morgan fingerprint density at radius 3 is 1.00 bits per heavy atom. The zero-order valence-corrected chi connectivity index (χ0v) is 18.5. The average Bonchev–Trinajstić information content (AvgIpc) is 2.77. The van der Waals surface area contributed by atoms with Crippen molar-refractivity contribution in [3.8, 4) is 0 Å². The third-order valence-electron chi connectivity index (χ3n) is 4.04. The van der Waals surface area contributed by atoms with Crippen LogP contribution < -0.4 is 15.9 Å². The molecule has 2 heteroatoms. The van der Waals surface area contributed by atoms with Crippen LogP contribution in [-0.4, -0.2) is 0 Å². The minimum atomic E-state index is -0.446. The Labute approximate surface area is 185 Å². The fourth-order valence-electron chi connectivity index (χ4n) is 2.74. The monoisotopic (exact) mass is 562 g/mol. The quantitative estimate of drug-likeness (QED) is 0.173. The summed E-state index contributed by atoms with van der Waals surface area (Å²) in [5, 5.41) is 4.19. The summed E-state index contributed by atoms with van der Waals surface area (Å²) < 4.78 is 0. The molecule has 142 valence electrons. The molecule has 0 radical (unpaired) electrons. The third kappa shape index (κ3) is 6.44. The Kier molecular flexibility index (Phi) is 9.69. The summed E-state index contributed by atoms with van der Waals surface area (Å²) in [5.74, 6) is 0. The molecule has 0 saturated carbocycles. The Morgan fingerprint density at radius 1 is 0.464 bits per heavy atom. The van der Waals surface area contributed by atoms with Crippen molar-refractivity contribution >= 4 is 29.9 Å². The molecule has 4 rings (SSSR count). The largest absolute Gasteiger partial charge is 1.00 e. The van der Waals surface area contributed by atoms with E-state index in [9.17, 15) is 0 Å². The normalized spacial score (nSPS) is 9.61. The summed E-state index contributed by atoms with van der Waals surface area (Å²) in [4.78, 5) is 0. The van der Waals surface area contributed by atoms with E-state index in [0.29, 0.717) is 0 Å². The summed E-state index contributed by atoms with van der Waals surface area (Å²) in [5.41, 5.74) is 1.06. The van der Waals surface area contributed by atoms with Crippen LogP contribution in [0.2, 0.25) is 0 Å². The number of hydrogen-bond acceptors (Lipinski definition) is 0. The molecule has 0 fully saturated rings. The molecule has 0 aliphatic rings. The van der Waals surface area contributed by atoms with Gasteiger partial charge in [-0.05, 0) is 23.8 Å². The van der Waals surface area contributed by atoms with Crippen LogP contribution in [0.3, 0.4) is 0 Å². The molecular weight excluding hydrogens is 540 g/mol. The van der Waals surface area contributed by atoms with Crippen molar-refractivity contribution < 1.29 is 22.4 Å². The van der Waals surface area contributed by atoms with Gasteiger partial charge in [-0.3, -0.25) is 6.58 Å². The Morgan fingerprint density at radius 2 is 0.750 bits per heavy atom. The molecule has 0 saturated heterocycles. The average molecular weight is 562 g/mol. The van der Waals surface area contributed by atoms with Crippen molar-refractivity contribution in [2.75, 3.05) is 0 Å². The second-order valence-corrected chi connectivity index (χ2v) is 8.14. The topological polar surface area (TPSA) is 0 Å². The van der Waals surface area contributed by atoms with E-state index in [4.69, 9.17) is 6.58 Å². The van der Waals surface area contributed by atoms with Gasteiger partial charge in [0.1, 0.15) is 0 Å². The molecule has 28 heavy (non-hydrogen) atoms. The van der Waals surface area contributed by atoms with E-state index in [2.05, 4.69) is 91.0 Å². The Hall–Kier alpha value is -2.21. The second-order valence-electron chi connectivity index (χ2n) is 5.92. The molecule has 0 aliphatic heterocycles. The van der Waals surface area contributed by atoms with Crippen molar-refractivity contribution in [2.45, 2.75) is 0 Å². The van der Waals surface area contributed by atoms with E-state index in [1.165, 1.54) is 15.9 Å². The smallest absolute Gasteiger partial charge is 0.292 e. The molecule has 0 N–H and O–H groups in total. The summed E-state index contributed by atoms with van der Waals surface area (Å²) in [6.07, 6.45) is 1.58.